The Bertz CT molecular complexity index is 1060. The zero-order chi connectivity index (χ0) is 20.2. The summed E-state index contributed by atoms with van der Waals surface area (Å²) in [6.45, 7) is 1.33. The summed E-state index contributed by atoms with van der Waals surface area (Å²) in [5.74, 6) is 0.722. The second kappa shape index (κ2) is 8.31. The third-order valence-electron chi connectivity index (χ3n) is 5.31. The highest BCUT2D eigenvalue weighted by atomic mass is 16.4. The molecule has 0 unspecified atom stereocenters. The Morgan fingerprint density at radius 2 is 1.66 bits per heavy atom. The van der Waals surface area contributed by atoms with Gasteiger partial charge in [0.15, 0.2) is 11.5 Å². The minimum atomic E-state index is -0.178. The summed E-state index contributed by atoms with van der Waals surface area (Å²) < 4.78 is 7.20. The van der Waals surface area contributed by atoms with Crippen LogP contribution >= 0.6 is 0 Å². The summed E-state index contributed by atoms with van der Waals surface area (Å²) >= 11 is 0. The molecule has 29 heavy (non-hydrogen) atoms. The molecule has 0 radical (unpaired) electrons. The molecule has 0 spiro atoms. The second-order valence-electron chi connectivity index (χ2n) is 7.23. The maximum Gasteiger partial charge on any atom is 0.289 e. The standard InChI is InChI=1S/C23H22N2O4/c26-21-8-4-5-13-25(21)16-19-9-10-20(29-19)23(28)24-14-11-18(12-15-24)22(27)17-6-2-1-3-7-17/h1-10,13,18H,11-12,14-16H2. The molecule has 1 saturated heterocycles. The fraction of sp³-hybridized carbons (Fsp3) is 0.261. The quantitative estimate of drug-likeness (QED) is 0.627. The summed E-state index contributed by atoms with van der Waals surface area (Å²) in [6.07, 6.45) is 2.97. The van der Waals surface area contributed by atoms with Crippen LogP contribution in [0.4, 0.5) is 0 Å². The number of likely N-dealkylation sites (tertiary alicyclic amines) is 1. The number of piperidine rings is 1. The fourth-order valence-corrected chi connectivity index (χ4v) is 3.68. The number of hydrogen-bond donors (Lipinski definition) is 0. The lowest BCUT2D eigenvalue weighted by atomic mass is 9.89. The van der Waals surface area contributed by atoms with Gasteiger partial charge in [0, 0.05) is 36.8 Å². The number of nitrogens with zero attached hydrogens (tertiary/aromatic N) is 2. The van der Waals surface area contributed by atoms with E-state index in [0.717, 1.165) is 5.56 Å². The van der Waals surface area contributed by atoms with Crippen molar-refractivity contribution in [3.63, 3.8) is 0 Å². The molecule has 2 aromatic heterocycles. The molecule has 1 amide bonds. The van der Waals surface area contributed by atoms with E-state index in [1.54, 1.807) is 35.4 Å². The van der Waals surface area contributed by atoms with Crippen molar-refractivity contribution in [2.45, 2.75) is 19.4 Å². The maximum absolute atomic E-state index is 12.8. The smallest absolute Gasteiger partial charge is 0.289 e. The van der Waals surface area contributed by atoms with Gasteiger partial charge in [-0.05, 0) is 31.0 Å². The normalized spacial score (nSPS) is 14.7. The molecule has 6 heteroatoms. The fourth-order valence-electron chi connectivity index (χ4n) is 3.68. The number of benzene rings is 1. The first-order chi connectivity index (χ1) is 14.1. The van der Waals surface area contributed by atoms with Crippen LogP contribution in [0.25, 0.3) is 0 Å². The van der Waals surface area contributed by atoms with Crippen LogP contribution in [0.2, 0.25) is 0 Å². The first-order valence-corrected chi connectivity index (χ1v) is 9.74. The number of pyridine rings is 1. The van der Waals surface area contributed by atoms with Crippen LogP contribution < -0.4 is 5.56 Å². The van der Waals surface area contributed by atoms with E-state index in [1.807, 2.05) is 30.3 Å². The van der Waals surface area contributed by atoms with E-state index in [9.17, 15) is 14.4 Å². The van der Waals surface area contributed by atoms with Crippen LogP contribution in [0, 0.1) is 5.92 Å². The van der Waals surface area contributed by atoms with Crippen LogP contribution in [0.5, 0.6) is 0 Å². The molecule has 148 valence electrons. The zero-order valence-electron chi connectivity index (χ0n) is 16.0. The first kappa shape index (κ1) is 18.9. The molecular weight excluding hydrogens is 368 g/mol. The Balaban J connectivity index is 1.36. The van der Waals surface area contributed by atoms with Gasteiger partial charge < -0.3 is 13.9 Å². The molecule has 3 aromatic rings. The summed E-state index contributed by atoms with van der Waals surface area (Å²) in [5, 5.41) is 0. The molecule has 6 nitrogen and oxygen atoms in total. The number of carbonyl (C=O) groups is 2. The molecule has 0 saturated carbocycles. The molecule has 1 aromatic carbocycles. The van der Waals surface area contributed by atoms with Gasteiger partial charge in [0.1, 0.15) is 5.76 Å². The van der Waals surface area contributed by atoms with E-state index < -0.39 is 0 Å². The summed E-state index contributed by atoms with van der Waals surface area (Å²) in [5.41, 5.74) is 0.603. The molecule has 0 aliphatic carbocycles. The van der Waals surface area contributed by atoms with Gasteiger partial charge in [-0.2, -0.15) is 0 Å². The van der Waals surface area contributed by atoms with E-state index in [0.29, 0.717) is 31.7 Å². The number of aromatic nitrogens is 1. The summed E-state index contributed by atoms with van der Waals surface area (Å²) in [7, 11) is 0. The molecule has 4 rings (SSSR count). The van der Waals surface area contributed by atoms with Gasteiger partial charge in [0.05, 0.1) is 6.54 Å². The Kier molecular flexibility index (Phi) is 5.42. The van der Waals surface area contributed by atoms with Gasteiger partial charge >= 0.3 is 0 Å². The van der Waals surface area contributed by atoms with Crippen LogP contribution in [-0.2, 0) is 6.54 Å². The number of rotatable bonds is 5. The Morgan fingerprint density at radius 1 is 0.931 bits per heavy atom. The topological polar surface area (TPSA) is 72.5 Å². The average Bonchev–Trinajstić information content (AvgIpc) is 3.24. The van der Waals surface area contributed by atoms with Crippen LogP contribution in [0.3, 0.4) is 0 Å². The highest BCUT2D eigenvalue weighted by Gasteiger charge is 2.29. The van der Waals surface area contributed by atoms with Crippen molar-refractivity contribution < 1.29 is 14.0 Å². The number of amides is 1. The molecular formula is C23H22N2O4. The minimum Gasteiger partial charge on any atom is -0.454 e. The van der Waals surface area contributed by atoms with Crippen molar-refractivity contribution in [3.8, 4) is 0 Å². The van der Waals surface area contributed by atoms with E-state index in [4.69, 9.17) is 4.42 Å². The number of carbonyl (C=O) groups excluding carboxylic acids is 2. The van der Waals surface area contributed by atoms with Gasteiger partial charge in [-0.1, -0.05) is 36.4 Å². The lowest BCUT2D eigenvalue weighted by Crippen LogP contribution is -2.40. The SMILES string of the molecule is O=C(c1ccccc1)C1CCN(C(=O)c2ccc(Cn3ccccc3=O)o2)CC1. The molecule has 1 fully saturated rings. The number of ketones is 1. The van der Waals surface area contributed by atoms with Crippen molar-refractivity contribution in [2.75, 3.05) is 13.1 Å². The number of furan rings is 1. The molecule has 3 heterocycles. The lowest BCUT2D eigenvalue weighted by Gasteiger charge is -2.30. The van der Waals surface area contributed by atoms with E-state index in [2.05, 4.69) is 0 Å². The average molecular weight is 390 g/mol. The van der Waals surface area contributed by atoms with E-state index in [-0.39, 0.29) is 35.5 Å². The molecule has 1 aliphatic heterocycles. The predicted octanol–water partition coefficient (Wildman–Crippen LogP) is 3.22. The second-order valence-corrected chi connectivity index (χ2v) is 7.23. The zero-order valence-corrected chi connectivity index (χ0v) is 16.0. The van der Waals surface area contributed by atoms with Gasteiger partial charge in [0.2, 0.25) is 0 Å². The van der Waals surface area contributed by atoms with Crippen LogP contribution in [0.15, 0.2) is 76.1 Å². The monoisotopic (exact) mass is 390 g/mol. The van der Waals surface area contributed by atoms with E-state index in [1.165, 1.54) is 10.6 Å². The van der Waals surface area contributed by atoms with Gasteiger partial charge in [-0.3, -0.25) is 14.4 Å². The molecule has 0 atom stereocenters. The summed E-state index contributed by atoms with van der Waals surface area (Å²) in [4.78, 5) is 38.9. The van der Waals surface area contributed by atoms with Crippen molar-refractivity contribution in [1.29, 1.82) is 0 Å². The van der Waals surface area contributed by atoms with Crippen molar-refractivity contribution in [2.24, 2.45) is 5.92 Å². The predicted molar refractivity (Wildman–Crippen MR) is 108 cm³/mol. The van der Waals surface area contributed by atoms with Crippen LogP contribution in [0.1, 0.15) is 39.5 Å². The summed E-state index contributed by atoms with van der Waals surface area (Å²) in [6, 6.07) is 17.6. The molecule has 0 bridgehead atoms. The Labute approximate surface area is 168 Å². The highest BCUT2D eigenvalue weighted by Crippen LogP contribution is 2.23. The Hall–Kier alpha value is -3.41. The molecule has 0 N–H and O–H groups in total. The van der Waals surface area contributed by atoms with Crippen molar-refractivity contribution in [3.05, 3.63) is 94.3 Å². The van der Waals surface area contributed by atoms with Gasteiger partial charge in [-0.25, -0.2) is 0 Å². The van der Waals surface area contributed by atoms with Crippen LogP contribution in [-0.4, -0.2) is 34.2 Å². The third-order valence-corrected chi connectivity index (χ3v) is 5.31. The minimum absolute atomic E-state index is 0.0569. The van der Waals surface area contributed by atoms with Gasteiger partial charge in [-0.15, -0.1) is 0 Å². The third kappa shape index (κ3) is 4.21. The lowest BCUT2D eigenvalue weighted by molar-refractivity contribution is 0.0623. The number of Topliss-reactive ketones (excluding diaryl/α,β-unsaturated/α-hetero) is 1. The Morgan fingerprint density at radius 3 is 2.38 bits per heavy atom. The number of hydrogen-bond acceptors (Lipinski definition) is 4. The van der Waals surface area contributed by atoms with Gasteiger partial charge in [0.25, 0.3) is 11.5 Å². The molecule has 1 aliphatic rings. The first-order valence-electron chi connectivity index (χ1n) is 9.74. The largest absolute Gasteiger partial charge is 0.454 e. The maximum atomic E-state index is 12.8. The van der Waals surface area contributed by atoms with E-state index >= 15 is 0 Å². The van der Waals surface area contributed by atoms with Crippen molar-refractivity contribution in [1.82, 2.24) is 9.47 Å². The highest BCUT2D eigenvalue weighted by molar-refractivity contribution is 5.98. The van der Waals surface area contributed by atoms with Crippen molar-refractivity contribution >= 4 is 11.7 Å².